The number of primary amides is 1. The van der Waals surface area contributed by atoms with Gasteiger partial charge in [0.2, 0.25) is 5.69 Å². The molecule has 0 radical (unpaired) electrons. The van der Waals surface area contributed by atoms with Crippen LogP contribution in [0.25, 0.3) is 21.3 Å². The molecule has 0 bridgehead atoms. The molecule has 4 aromatic heterocycles. The van der Waals surface area contributed by atoms with Gasteiger partial charge in [0.15, 0.2) is 0 Å². The van der Waals surface area contributed by atoms with E-state index >= 15 is 0 Å². The molecule has 2 amide bonds. The van der Waals surface area contributed by atoms with Crippen molar-refractivity contribution in [2.75, 3.05) is 5.32 Å². The maximum absolute atomic E-state index is 13.6. The average molecular weight is 504 g/mol. The van der Waals surface area contributed by atoms with E-state index in [9.17, 15) is 28.5 Å². The molecule has 182 valence electrons. The predicted octanol–water partition coefficient (Wildman–Crippen LogP) is 3.24. The SMILES string of the molecule is Cc1nn(C)c(C(=O)Nc2c(C(N)=O)sc3nc(C(F)F)cc(-c4cnn(C)c4C)c23)c1[N+](=O)[O-]. The molecule has 35 heavy (non-hydrogen) atoms. The maximum atomic E-state index is 13.6. The van der Waals surface area contributed by atoms with Crippen molar-refractivity contribution in [3.63, 3.8) is 0 Å². The fraction of sp³-hybridized carbons (Fsp3) is 0.250. The quantitative estimate of drug-likeness (QED) is 0.300. The van der Waals surface area contributed by atoms with Gasteiger partial charge >= 0.3 is 5.69 Å². The molecule has 0 fully saturated rings. The van der Waals surface area contributed by atoms with E-state index in [1.807, 2.05) is 0 Å². The highest BCUT2D eigenvalue weighted by molar-refractivity contribution is 7.21. The number of aryl methyl sites for hydroxylation is 3. The van der Waals surface area contributed by atoms with Gasteiger partial charge in [0.25, 0.3) is 18.2 Å². The van der Waals surface area contributed by atoms with Gasteiger partial charge in [-0.25, -0.2) is 13.8 Å². The molecule has 0 atom stereocenters. The van der Waals surface area contributed by atoms with Crippen LogP contribution in [0.3, 0.4) is 0 Å². The number of nitrogens with one attached hydrogen (secondary N) is 1. The molecular weight excluding hydrogens is 486 g/mol. The van der Waals surface area contributed by atoms with Crippen LogP contribution in [-0.4, -0.2) is 41.3 Å². The maximum Gasteiger partial charge on any atom is 0.322 e. The Kier molecular flexibility index (Phi) is 5.80. The Bertz CT molecular complexity index is 1540. The summed E-state index contributed by atoms with van der Waals surface area (Å²) >= 11 is 0.725. The van der Waals surface area contributed by atoms with Crippen LogP contribution in [0.15, 0.2) is 12.3 Å². The fourth-order valence-electron chi connectivity index (χ4n) is 3.79. The Balaban J connectivity index is 2.00. The monoisotopic (exact) mass is 504 g/mol. The lowest BCUT2D eigenvalue weighted by Crippen LogP contribution is -2.20. The van der Waals surface area contributed by atoms with Crippen molar-refractivity contribution >= 4 is 44.7 Å². The number of hydrogen-bond donors (Lipinski definition) is 2. The molecule has 0 spiro atoms. The van der Waals surface area contributed by atoms with E-state index in [-0.39, 0.29) is 37.7 Å². The van der Waals surface area contributed by atoms with E-state index in [1.165, 1.54) is 24.9 Å². The third kappa shape index (κ3) is 3.88. The number of rotatable bonds is 6. The summed E-state index contributed by atoms with van der Waals surface area (Å²) in [6.45, 7) is 3.10. The molecule has 0 aliphatic heterocycles. The number of alkyl halides is 2. The van der Waals surface area contributed by atoms with Gasteiger partial charge in [0, 0.05) is 30.7 Å². The molecule has 4 aromatic rings. The number of pyridine rings is 1. The van der Waals surface area contributed by atoms with Gasteiger partial charge in [-0.2, -0.15) is 10.2 Å². The van der Waals surface area contributed by atoms with Crippen LogP contribution in [-0.2, 0) is 14.1 Å². The molecular formula is C20H18F2N8O4S. The van der Waals surface area contributed by atoms with Crippen LogP contribution < -0.4 is 11.1 Å². The van der Waals surface area contributed by atoms with E-state index < -0.39 is 34.5 Å². The minimum absolute atomic E-state index is 0.0165. The van der Waals surface area contributed by atoms with Crippen molar-refractivity contribution in [2.45, 2.75) is 20.3 Å². The molecule has 0 aromatic carbocycles. The minimum atomic E-state index is -2.91. The van der Waals surface area contributed by atoms with Crippen LogP contribution in [0, 0.1) is 24.0 Å². The van der Waals surface area contributed by atoms with Crippen molar-refractivity contribution in [2.24, 2.45) is 19.8 Å². The van der Waals surface area contributed by atoms with Gasteiger partial charge in [0.1, 0.15) is 21.1 Å². The fourth-order valence-corrected chi connectivity index (χ4v) is 4.80. The number of hydrogen-bond acceptors (Lipinski definition) is 8. The highest BCUT2D eigenvalue weighted by atomic mass is 32.1. The number of amides is 2. The first-order valence-corrected chi connectivity index (χ1v) is 10.8. The summed E-state index contributed by atoms with van der Waals surface area (Å²) in [5.41, 5.74) is 5.37. The summed E-state index contributed by atoms with van der Waals surface area (Å²) < 4.78 is 29.9. The molecule has 3 N–H and O–H groups in total. The first kappa shape index (κ1) is 23.9. The molecule has 0 aliphatic rings. The van der Waals surface area contributed by atoms with Gasteiger partial charge < -0.3 is 11.1 Å². The topological polar surface area (TPSA) is 164 Å². The van der Waals surface area contributed by atoms with Crippen LogP contribution in [0.1, 0.15) is 43.7 Å². The number of nitro groups is 1. The summed E-state index contributed by atoms with van der Waals surface area (Å²) in [5, 5.41) is 22.3. The molecule has 15 heteroatoms. The van der Waals surface area contributed by atoms with Crippen LogP contribution in [0.2, 0.25) is 0 Å². The molecule has 0 saturated carbocycles. The number of anilines is 1. The van der Waals surface area contributed by atoms with E-state index in [4.69, 9.17) is 5.73 Å². The summed E-state index contributed by atoms with van der Waals surface area (Å²) in [5.74, 6) is -1.87. The highest BCUT2D eigenvalue weighted by Crippen LogP contribution is 2.43. The lowest BCUT2D eigenvalue weighted by molar-refractivity contribution is -0.385. The molecule has 12 nitrogen and oxygen atoms in total. The number of carbonyl (C=O) groups is 2. The number of halogens is 2. The third-order valence-electron chi connectivity index (χ3n) is 5.48. The number of nitrogens with zero attached hydrogens (tertiary/aromatic N) is 6. The molecule has 4 heterocycles. The van der Waals surface area contributed by atoms with E-state index in [1.54, 1.807) is 14.0 Å². The minimum Gasteiger partial charge on any atom is -0.365 e. The van der Waals surface area contributed by atoms with Crippen molar-refractivity contribution in [3.8, 4) is 11.1 Å². The first-order valence-electron chi connectivity index (χ1n) is 9.96. The Morgan fingerprint density at radius 1 is 1.23 bits per heavy atom. The number of fused-ring (bicyclic) bond motifs is 1. The van der Waals surface area contributed by atoms with Crippen LogP contribution in [0.5, 0.6) is 0 Å². The van der Waals surface area contributed by atoms with Crippen molar-refractivity contribution in [1.82, 2.24) is 24.5 Å². The van der Waals surface area contributed by atoms with Crippen molar-refractivity contribution in [3.05, 3.63) is 50.0 Å². The highest BCUT2D eigenvalue weighted by Gasteiger charge is 2.32. The normalized spacial score (nSPS) is 11.4. The van der Waals surface area contributed by atoms with Crippen LogP contribution >= 0.6 is 11.3 Å². The number of thiophene rings is 1. The van der Waals surface area contributed by atoms with Gasteiger partial charge in [-0.1, -0.05) is 0 Å². The lowest BCUT2D eigenvalue weighted by Gasteiger charge is -2.11. The summed E-state index contributed by atoms with van der Waals surface area (Å²) in [6.07, 6.45) is -1.45. The second-order valence-corrected chi connectivity index (χ2v) is 8.63. The van der Waals surface area contributed by atoms with Gasteiger partial charge in [0.05, 0.1) is 16.8 Å². The summed E-state index contributed by atoms with van der Waals surface area (Å²) in [7, 11) is 3.02. The smallest absolute Gasteiger partial charge is 0.322 e. The second-order valence-electron chi connectivity index (χ2n) is 7.63. The summed E-state index contributed by atoms with van der Waals surface area (Å²) in [4.78, 5) is 40.1. The summed E-state index contributed by atoms with van der Waals surface area (Å²) in [6, 6.07) is 1.15. The average Bonchev–Trinajstić information content (AvgIpc) is 3.40. The van der Waals surface area contributed by atoms with E-state index in [2.05, 4.69) is 20.5 Å². The van der Waals surface area contributed by atoms with E-state index in [0.29, 0.717) is 11.3 Å². The first-order chi connectivity index (χ1) is 16.4. The van der Waals surface area contributed by atoms with Gasteiger partial charge in [-0.15, -0.1) is 11.3 Å². The third-order valence-corrected chi connectivity index (χ3v) is 6.58. The van der Waals surface area contributed by atoms with Crippen molar-refractivity contribution in [1.29, 1.82) is 0 Å². The predicted molar refractivity (Wildman–Crippen MR) is 123 cm³/mol. The molecule has 0 saturated heterocycles. The largest absolute Gasteiger partial charge is 0.365 e. The van der Waals surface area contributed by atoms with E-state index in [0.717, 1.165) is 22.1 Å². The van der Waals surface area contributed by atoms with Crippen molar-refractivity contribution < 1.29 is 23.3 Å². The Labute approximate surface area is 199 Å². The zero-order chi connectivity index (χ0) is 25.8. The lowest BCUT2D eigenvalue weighted by atomic mass is 10.0. The number of carbonyl (C=O) groups excluding carboxylic acids is 2. The molecule has 0 unspecified atom stereocenters. The Morgan fingerprint density at radius 3 is 2.46 bits per heavy atom. The standard InChI is InChI=1S/C20H18F2N8O4S/c1-7-14(30(33)34)15(29(4)27-7)19(32)26-13-12-9(10-6-24-28(3)8(10)2)5-11(17(21)22)25-20(12)35-16(13)18(23)31/h5-6,17H,1-4H3,(H2,23,31)(H,26,32). The second kappa shape index (κ2) is 8.50. The van der Waals surface area contributed by atoms with Crippen LogP contribution in [0.4, 0.5) is 20.2 Å². The molecule has 0 aliphatic carbocycles. The van der Waals surface area contributed by atoms with Gasteiger partial charge in [-0.3, -0.25) is 29.1 Å². The Hall–Kier alpha value is -4.27. The number of nitrogens with two attached hydrogens (primary N) is 1. The number of aromatic nitrogens is 5. The zero-order valence-corrected chi connectivity index (χ0v) is 19.6. The zero-order valence-electron chi connectivity index (χ0n) is 18.8. The Morgan fingerprint density at radius 2 is 1.91 bits per heavy atom. The molecule has 4 rings (SSSR count). The van der Waals surface area contributed by atoms with Gasteiger partial charge in [-0.05, 0) is 25.5 Å².